The summed E-state index contributed by atoms with van der Waals surface area (Å²) in [6.07, 6.45) is 1.74. The number of hydrogen-bond acceptors (Lipinski definition) is 4. The number of rotatable bonds is 3. The fraction of sp³-hybridized carbons (Fsp3) is 0.500. The van der Waals surface area contributed by atoms with Crippen LogP contribution in [-0.4, -0.2) is 48.4 Å². The summed E-state index contributed by atoms with van der Waals surface area (Å²) in [5.74, 6) is 1.10. The van der Waals surface area contributed by atoms with E-state index in [0.717, 1.165) is 24.6 Å². The third-order valence-corrected chi connectivity index (χ3v) is 3.45. The molecule has 0 unspecified atom stereocenters. The Morgan fingerprint density at radius 3 is 2.68 bits per heavy atom. The molecular formula is C12H16N6O. The lowest BCUT2D eigenvalue weighted by atomic mass is 10.3. The fourth-order valence-electron chi connectivity index (χ4n) is 2.40. The molecule has 0 spiro atoms. The molecule has 1 aliphatic rings. The Morgan fingerprint density at radius 2 is 1.95 bits per heavy atom. The number of likely N-dealkylation sites (N-methyl/N-ethyl adjacent to an activating group) is 1. The first kappa shape index (κ1) is 11.9. The van der Waals surface area contributed by atoms with E-state index in [0.29, 0.717) is 18.9 Å². The van der Waals surface area contributed by atoms with Gasteiger partial charge >= 0.3 is 0 Å². The van der Waals surface area contributed by atoms with Crippen LogP contribution in [0.4, 0.5) is 0 Å². The predicted molar refractivity (Wildman–Crippen MR) is 68.5 cm³/mol. The second kappa shape index (κ2) is 4.49. The summed E-state index contributed by atoms with van der Waals surface area (Å²) >= 11 is 0. The summed E-state index contributed by atoms with van der Waals surface area (Å²) in [5.41, 5.74) is 0.902. The highest BCUT2D eigenvalue weighted by Gasteiger charge is 2.29. The molecule has 3 rings (SSSR count). The van der Waals surface area contributed by atoms with Gasteiger partial charge in [-0.2, -0.15) is 5.10 Å². The maximum atomic E-state index is 12.2. The first-order chi connectivity index (χ1) is 9.26. The summed E-state index contributed by atoms with van der Waals surface area (Å²) in [6, 6.07) is 1.90. The van der Waals surface area contributed by atoms with E-state index in [2.05, 4.69) is 15.3 Å². The molecule has 0 atom stereocenters. The van der Waals surface area contributed by atoms with E-state index in [-0.39, 0.29) is 5.91 Å². The highest BCUT2D eigenvalue weighted by atomic mass is 16.2. The minimum atomic E-state index is -0.0462. The van der Waals surface area contributed by atoms with E-state index in [4.69, 9.17) is 0 Å². The van der Waals surface area contributed by atoms with Crippen molar-refractivity contribution in [3.8, 4) is 11.5 Å². The number of nitrogens with zero attached hydrogens (tertiary/aromatic N) is 6. The SMILES string of the molecule is CCN1CCn2c(nnc2-c2ccnn2CC)C1=O. The van der Waals surface area contributed by atoms with Crippen molar-refractivity contribution in [2.75, 3.05) is 13.1 Å². The van der Waals surface area contributed by atoms with Crippen molar-refractivity contribution in [1.82, 2.24) is 29.4 Å². The molecule has 0 saturated carbocycles. The van der Waals surface area contributed by atoms with Gasteiger partial charge in [-0.1, -0.05) is 0 Å². The topological polar surface area (TPSA) is 68.8 Å². The second-order valence-electron chi connectivity index (χ2n) is 4.42. The van der Waals surface area contributed by atoms with Crippen molar-refractivity contribution in [3.63, 3.8) is 0 Å². The number of amides is 1. The molecule has 0 bridgehead atoms. The molecule has 0 radical (unpaired) electrons. The van der Waals surface area contributed by atoms with Crippen LogP contribution in [0, 0.1) is 0 Å². The van der Waals surface area contributed by atoms with Crippen LogP contribution in [0.25, 0.3) is 11.5 Å². The predicted octanol–water partition coefficient (Wildman–Crippen LogP) is 0.637. The zero-order chi connectivity index (χ0) is 13.4. The Kier molecular flexibility index (Phi) is 2.81. The van der Waals surface area contributed by atoms with Gasteiger partial charge in [0.2, 0.25) is 5.82 Å². The van der Waals surface area contributed by atoms with E-state index in [1.54, 1.807) is 11.1 Å². The van der Waals surface area contributed by atoms with E-state index in [1.165, 1.54) is 0 Å². The Balaban J connectivity index is 2.06. The quantitative estimate of drug-likeness (QED) is 0.812. The van der Waals surface area contributed by atoms with Gasteiger partial charge in [-0.3, -0.25) is 14.0 Å². The van der Waals surface area contributed by atoms with E-state index in [9.17, 15) is 4.79 Å². The minimum absolute atomic E-state index is 0.0462. The number of carbonyl (C=O) groups is 1. The molecule has 2 aromatic rings. The molecule has 0 saturated heterocycles. The Bertz CT molecular complexity index is 614. The summed E-state index contributed by atoms with van der Waals surface area (Å²) in [6.45, 7) is 6.89. The van der Waals surface area contributed by atoms with Crippen LogP contribution in [0.5, 0.6) is 0 Å². The second-order valence-corrected chi connectivity index (χ2v) is 4.42. The van der Waals surface area contributed by atoms with Crippen LogP contribution in [0.15, 0.2) is 12.3 Å². The number of aromatic nitrogens is 5. The summed E-state index contributed by atoms with van der Waals surface area (Å²) in [7, 11) is 0. The van der Waals surface area contributed by atoms with Gasteiger partial charge in [0.15, 0.2) is 5.82 Å². The maximum Gasteiger partial charge on any atom is 0.291 e. The Hall–Kier alpha value is -2.18. The summed E-state index contributed by atoms with van der Waals surface area (Å²) in [4.78, 5) is 13.9. The number of fused-ring (bicyclic) bond motifs is 1. The molecule has 100 valence electrons. The van der Waals surface area contributed by atoms with Crippen LogP contribution < -0.4 is 0 Å². The standard InChI is InChI=1S/C12H16N6O/c1-3-16-7-8-17-10(14-15-11(17)12(16)19)9-5-6-13-18(9)4-2/h5-6H,3-4,7-8H2,1-2H3. The smallest absolute Gasteiger partial charge is 0.291 e. The highest BCUT2D eigenvalue weighted by Crippen LogP contribution is 2.21. The molecule has 0 N–H and O–H groups in total. The van der Waals surface area contributed by atoms with E-state index >= 15 is 0 Å². The van der Waals surface area contributed by atoms with E-state index in [1.807, 2.05) is 29.2 Å². The van der Waals surface area contributed by atoms with Gasteiger partial charge in [0.25, 0.3) is 5.91 Å². The first-order valence-corrected chi connectivity index (χ1v) is 6.51. The monoisotopic (exact) mass is 260 g/mol. The lowest BCUT2D eigenvalue weighted by molar-refractivity contribution is 0.0707. The fourth-order valence-corrected chi connectivity index (χ4v) is 2.40. The molecule has 1 amide bonds. The lowest BCUT2D eigenvalue weighted by Crippen LogP contribution is -2.40. The average molecular weight is 260 g/mol. The van der Waals surface area contributed by atoms with Crippen LogP contribution in [-0.2, 0) is 13.1 Å². The van der Waals surface area contributed by atoms with Crippen molar-refractivity contribution in [3.05, 3.63) is 18.1 Å². The average Bonchev–Trinajstić information content (AvgIpc) is 3.04. The first-order valence-electron chi connectivity index (χ1n) is 6.51. The normalized spacial score (nSPS) is 14.8. The molecule has 2 aromatic heterocycles. The number of hydrogen-bond donors (Lipinski definition) is 0. The van der Waals surface area contributed by atoms with Gasteiger partial charge in [0, 0.05) is 32.4 Å². The summed E-state index contributed by atoms with van der Waals surface area (Å²) in [5, 5.41) is 12.5. The molecular weight excluding hydrogens is 244 g/mol. The van der Waals surface area contributed by atoms with Crippen molar-refractivity contribution < 1.29 is 4.79 Å². The number of aryl methyl sites for hydroxylation is 1. The molecule has 7 heteroatoms. The van der Waals surface area contributed by atoms with Crippen molar-refractivity contribution in [1.29, 1.82) is 0 Å². The van der Waals surface area contributed by atoms with Gasteiger partial charge in [-0.05, 0) is 19.9 Å². The van der Waals surface area contributed by atoms with Gasteiger partial charge in [-0.25, -0.2) is 0 Å². The van der Waals surface area contributed by atoms with Crippen molar-refractivity contribution in [2.24, 2.45) is 0 Å². The lowest BCUT2D eigenvalue weighted by Gasteiger charge is -2.26. The molecule has 0 aromatic carbocycles. The minimum Gasteiger partial charge on any atom is -0.334 e. The zero-order valence-corrected chi connectivity index (χ0v) is 11.1. The molecule has 19 heavy (non-hydrogen) atoms. The van der Waals surface area contributed by atoms with Crippen LogP contribution in [0.2, 0.25) is 0 Å². The maximum absolute atomic E-state index is 12.2. The molecule has 1 aliphatic heterocycles. The zero-order valence-electron chi connectivity index (χ0n) is 11.1. The van der Waals surface area contributed by atoms with Gasteiger partial charge in [-0.15, -0.1) is 10.2 Å². The highest BCUT2D eigenvalue weighted by molar-refractivity contribution is 5.92. The molecule has 0 fully saturated rings. The molecule has 3 heterocycles. The van der Waals surface area contributed by atoms with E-state index < -0.39 is 0 Å². The largest absolute Gasteiger partial charge is 0.334 e. The van der Waals surface area contributed by atoms with Crippen LogP contribution in [0.3, 0.4) is 0 Å². The Morgan fingerprint density at radius 1 is 1.16 bits per heavy atom. The third kappa shape index (κ3) is 1.73. The van der Waals surface area contributed by atoms with Crippen molar-refractivity contribution in [2.45, 2.75) is 26.9 Å². The molecule has 7 nitrogen and oxygen atoms in total. The van der Waals surface area contributed by atoms with Gasteiger partial charge in [0.1, 0.15) is 5.69 Å². The Labute approximate surface area is 110 Å². The van der Waals surface area contributed by atoms with Gasteiger partial charge < -0.3 is 4.90 Å². The van der Waals surface area contributed by atoms with Crippen LogP contribution >= 0.6 is 0 Å². The van der Waals surface area contributed by atoms with Crippen LogP contribution in [0.1, 0.15) is 24.5 Å². The summed E-state index contributed by atoms with van der Waals surface area (Å²) < 4.78 is 3.74. The third-order valence-electron chi connectivity index (χ3n) is 3.45. The van der Waals surface area contributed by atoms with Gasteiger partial charge in [0.05, 0.1) is 0 Å². The number of carbonyl (C=O) groups excluding carboxylic acids is 1. The van der Waals surface area contributed by atoms with Crippen molar-refractivity contribution >= 4 is 5.91 Å². The molecule has 0 aliphatic carbocycles.